The molecule has 0 amide bonds. The SMILES string of the molecule is O=[N+]([O-])c1ccc2ccc3c(O[C@@H]4O[C@H](CO)[C@@H](O)[C@H](O)[C@H]4O)ccc4ccc1c2c43. The van der Waals surface area contributed by atoms with Crippen molar-refractivity contribution in [2.75, 3.05) is 6.61 Å². The molecule has 9 nitrogen and oxygen atoms in total. The molecule has 1 aliphatic heterocycles. The van der Waals surface area contributed by atoms with Crippen molar-refractivity contribution in [2.24, 2.45) is 0 Å². The Kier molecular flexibility index (Phi) is 4.65. The Labute approximate surface area is 175 Å². The minimum atomic E-state index is -1.56. The van der Waals surface area contributed by atoms with Crippen LogP contribution in [0.3, 0.4) is 0 Å². The van der Waals surface area contributed by atoms with Crippen LogP contribution in [0.2, 0.25) is 0 Å². The topological polar surface area (TPSA) is 143 Å². The second-order valence-corrected chi connectivity index (χ2v) is 7.64. The van der Waals surface area contributed by atoms with Crippen LogP contribution in [0.15, 0.2) is 48.5 Å². The van der Waals surface area contributed by atoms with Crippen LogP contribution < -0.4 is 4.74 Å². The molecule has 1 fully saturated rings. The lowest BCUT2D eigenvalue weighted by Crippen LogP contribution is -2.60. The summed E-state index contributed by atoms with van der Waals surface area (Å²) in [6.07, 6.45) is -7.01. The van der Waals surface area contributed by atoms with E-state index in [0.29, 0.717) is 16.5 Å². The largest absolute Gasteiger partial charge is 0.461 e. The number of hydrogen-bond donors (Lipinski definition) is 4. The molecule has 5 atom stereocenters. The summed E-state index contributed by atoms with van der Waals surface area (Å²) in [6.45, 7) is -0.563. The zero-order valence-electron chi connectivity index (χ0n) is 16.1. The second-order valence-electron chi connectivity index (χ2n) is 7.64. The lowest BCUT2D eigenvalue weighted by atomic mass is 9.93. The zero-order chi connectivity index (χ0) is 21.9. The molecule has 9 heteroatoms. The van der Waals surface area contributed by atoms with Crippen molar-refractivity contribution in [3.05, 3.63) is 58.6 Å². The molecule has 160 valence electrons. The van der Waals surface area contributed by atoms with E-state index in [1.54, 1.807) is 30.3 Å². The lowest BCUT2D eigenvalue weighted by molar-refractivity contribution is -0.383. The van der Waals surface area contributed by atoms with Gasteiger partial charge < -0.3 is 29.9 Å². The number of aliphatic hydroxyl groups is 4. The van der Waals surface area contributed by atoms with Crippen molar-refractivity contribution in [3.63, 3.8) is 0 Å². The van der Waals surface area contributed by atoms with Crippen molar-refractivity contribution in [2.45, 2.75) is 30.7 Å². The maximum atomic E-state index is 11.5. The van der Waals surface area contributed by atoms with E-state index in [2.05, 4.69) is 0 Å². The van der Waals surface area contributed by atoms with E-state index < -0.39 is 42.2 Å². The summed E-state index contributed by atoms with van der Waals surface area (Å²) in [6, 6.07) is 13.8. The van der Waals surface area contributed by atoms with Gasteiger partial charge in [-0.1, -0.05) is 18.2 Å². The predicted octanol–water partition coefficient (Wildman–Crippen LogP) is 1.67. The molecule has 4 N–H and O–H groups in total. The number of nitro groups is 1. The molecule has 0 bridgehead atoms. The quantitative estimate of drug-likeness (QED) is 0.220. The summed E-state index contributed by atoms with van der Waals surface area (Å²) in [7, 11) is 0. The van der Waals surface area contributed by atoms with Gasteiger partial charge in [0.2, 0.25) is 6.29 Å². The first-order valence-corrected chi connectivity index (χ1v) is 9.73. The molecule has 0 aromatic heterocycles. The van der Waals surface area contributed by atoms with Gasteiger partial charge in [0.25, 0.3) is 5.69 Å². The standard InChI is InChI=1S/C22H19NO8/c24-9-16-19(25)20(26)21(27)22(31-16)30-15-8-4-11-1-5-12-14(23(28)29)7-3-10-2-6-13(15)18(11)17(10)12/h1-8,16,19-22,24-27H,9H2/t16-,19-,20+,21-,22-/m1/s1. The molecule has 5 rings (SSSR count). The van der Waals surface area contributed by atoms with Crippen LogP contribution >= 0.6 is 0 Å². The van der Waals surface area contributed by atoms with E-state index in [0.717, 1.165) is 21.5 Å². The third kappa shape index (κ3) is 2.98. The van der Waals surface area contributed by atoms with Crippen molar-refractivity contribution >= 4 is 38.0 Å². The first-order chi connectivity index (χ1) is 14.9. The number of aliphatic hydroxyl groups excluding tert-OH is 4. The first-order valence-electron chi connectivity index (χ1n) is 9.73. The fourth-order valence-electron chi connectivity index (χ4n) is 4.31. The van der Waals surface area contributed by atoms with Crippen LogP contribution in [0.5, 0.6) is 5.75 Å². The summed E-state index contributed by atoms with van der Waals surface area (Å²) in [4.78, 5) is 11.1. The summed E-state index contributed by atoms with van der Waals surface area (Å²) in [5.41, 5.74) is 0.00200. The van der Waals surface area contributed by atoms with E-state index in [1.807, 2.05) is 12.1 Å². The first kappa shape index (κ1) is 19.9. The lowest BCUT2D eigenvalue weighted by Gasteiger charge is -2.39. The molecular formula is C22H19NO8. The van der Waals surface area contributed by atoms with Crippen LogP contribution in [-0.4, -0.2) is 62.7 Å². The molecule has 0 spiro atoms. The normalized spacial score (nSPS) is 26.6. The van der Waals surface area contributed by atoms with Crippen molar-refractivity contribution in [3.8, 4) is 5.75 Å². The van der Waals surface area contributed by atoms with Gasteiger partial charge in [-0.15, -0.1) is 0 Å². The maximum absolute atomic E-state index is 11.5. The number of ether oxygens (including phenoxy) is 2. The van der Waals surface area contributed by atoms with Gasteiger partial charge >= 0.3 is 0 Å². The van der Waals surface area contributed by atoms with E-state index in [9.17, 15) is 30.5 Å². The summed E-state index contributed by atoms with van der Waals surface area (Å²) >= 11 is 0. The summed E-state index contributed by atoms with van der Waals surface area (Å²) in [5, 5.41) is 55.5. The Balaban J connectivity index is 1.65. The Morgan fingerprint density at radius 1 is 0.871 bits per heavy atom. The second kappa shape index (κ2) is 7.26. The van der Waals surface area contributed by atoms with Gasteiger partial charge in [0.05, 0.1) is 16.9 Å². The molecule has 0 saturated carbocycles. The van der Waals surface area contributed by atoms with Gasteiger partial charge in [0.15, 0.2) is 0 Å². The minimum absolute atomic E-state index is 0.00200. The Bertz CT molecular complexity index is 1290. The Hall–Kier alpha value is -3.08. The predicted molar refractivity (Wildman–Crippen MR) is 111 cm³/mol. The molecule has 4 aromatic rings. The monoisotopic (exact) mass is 425 g/mol. The van der Waals surface area contributed by atoms with Gasteiger partial charge in [-0.3, -0.25) is 10.1 Å². The van der Waals surface area contributed by atoms with Crippen LogP contribution in [0.4, 0.5) is 5.69 Å². The van der Waals surface area contributed by atoms with Gasteiger partial charge in [0, 0.05) is 22.2 Å². The molecule has 1 saturated heterocycles. The third-order valence-corrected chi connectivity index (χ3v) is 5.89. The van der Waals surface area contributed by atoms with Crippen LogP contribution in [0, 0.1) is 10.1 Å². The minimum Gasteiger partial charge on any atom is -0.461 e. The number of benzene rings is 4. The van der Waals surface area contributed by atoms with E-state index in [4.69, 9.17) is 9.47 Å². The molecule has 0 radical (unpaired) electrons. The Morgan fingerprint density at radius 3 is 2.16 bits per heavy atom. The fraction of sp³-hybridized carbons (Fsp3) is 0.273. The average Bonchev–Trinajstić information content (AvgIpc) is 2.78. The molecule has 0 aliphatic carbocycles. The highest BCUT2D eigenvalue weighted by Gasteiger charge is 2.44. The van der Waals surface area contributed by atoms with Crippen LogP contribution in [0.25, 0.3) is 32.3 Å². The highest BCUT2D eigenvalue weighted by molar-refractivity contribution is 6.25. The summed E-state index contributed by atoms with van der Waals surface area (Å²) < 4.78 is 11.3. The number of nitro benzene ring substituents is 1. The molecule has 4 aromatic carbocycles. The van der Waals surface area contributed by atoms with Gasteiger partial charge in [-0.25, -0.2) is 0 Å². The average molecular weight is 425 g/mol. The van der Waals surface area contributed by atoms with Gasteiger partial charge in [-0.2, -0.15) is 0 Å². The van der Waals surface area contributed by atoms with Crippen LogP contribution in [-0.2, 0) is 4.74 Å². The van der Waals surface area contributed by atoms with Crippen LogP contribution in [0.1, 0.15) is 0 Å². The molecule has 31 heavy (non-hydrogen) atoms. The number of non-ortho nitro benzene ring substituents is 1. The van der Waals surface area contributed by atoms with Gasteiger partial charge in [-0.05, 0) is 35.0 Å². The maximum Gasteiger partial charge on any atom is 0.277 e. The van der Waals surface area contributed by atoms with Crippen molar-refractivity contribution in [1.29, 1.82) is 0 Å². The number of hydrogen-bond acceptors (Lipinski definition) is 8. The van der Waals surface area contributed by atoms with Gasteiger partial charge in [0.1, 0.15) is 30.2 Å². The molecular weight excluding hydrogens is 406 g/mol. The van der Waals surface area contributed by atoms with E-state index in [-0.39, 0.29) is 5.69 Å². The van der Waals surface area contributed by atoms with E-state index >= 15 is 0 Å². The molecule has 1 heterocycles. The third-order valence-electron chi connectivity index (χ3n) is 5.89. The number of rotatable bonds is 4. The van der Waals surface area contributed by atoms with E-state index in [1.165, 1.54) is 6.07 Å². The Morgan fingerprint density at radius 2 is 1.48 bits per heavy atom. The zero-order valence-corrected chi connectivity index (χ0v) is 16.1. The molecule has 1 aliphatic rings. The fourth-order valence-corrected chi connectivity index (χ4v) is 4.31. The number of nitrogens with zero attached hydrogens (tertiary/aromatic N) is 1. The molecule has 0 unspecified atom stereocenters. The highest BCUT2D eigenvalue weighted by Crippen LogP contribution is 2.42. The summed E-state index contributed by atoms with van der Waals surface area (Å²) in [5.74, 6) is 0.331. The smallest absolute Gasteiger partial charge is 0.277 e. The van der Waals surface area contributed by atoms with Crippen molar-refractivity contribution in [1.82, 2.24) is 0 Å². The van der Waals surface area contributed by atoms with Crippen molar-refractivity contribution < 1.29 is 34.8 Å². The highest BCUT2D eigenvalue weighted by atomic mass is 16.7.